The van der Waals surface area contributed by atoms with Crippen molar-refractivity contribution < 1.29 is 19.5 Å². The number of carboxylic acids is 1. The van der Waals surface area contributed by atoms with E-state index in [4.69, 9.17) is 5.73 Å². The first-order valence-electron chi connectivity index (χ1n) is 7.40. The molecule has 2 atom stereocenters. The number of nitrogens with zero attached hydrogens (tertiary/aromatic N) is 2. The molecule has 0 aromatic heterocycles. The van der Waals surface area contributed by atoms with E-state index in [1.165, 1.54) is 0 Å². The summed E-state index contributed by atoms with van der Waals surface area (Å²) in [7, 11) is 0. The van der Waals surface area contributed by atoms with Gasteiger partial charge >= 0.3 is 5.97 Å². The zero-order valence-corrected chi connectivity index (χ0v) is 12.4. The first-order valence-corrected chi connectivity index (χ1v) is 7.40. The maximum absolute atomic E-state index is 12.4. The predicted molar refractivity (Wildman–Crippen MR) is 75.3 cm³/mol. The van der Waals surface area contributed by atoms with Crippen LogP contribution in [-0.2, 0) is 14.4 Å². The molecule has 0 aliphatic carbocycles. The van der Waals surface area contributed by atoms with Gasteiger partial charge in [-0.3, -0.25) is 19.3 Å². The summed E-state index contributed by atoms with van der Waals surface area (Å²) in [6.45, 7) is 3.33. The molecule has 2 aliphatic rings. The van der Waals surface area contributed by atoms with E-state index in [2.05, 4.69) is 0 Å². The SMILES string of the molecule is CC1(C(=O)O)CCCN1CC(=O)N1CCCC(C(N)=O)C1. The normalized spacial score (nSPS) is 30.3. The number of amides is 2. The van der Waals surface area contributed by atoms with Crippen molar-refractivity contribution >= 4 is 17.8 Å². The van der Waals surface area contributed by atoms with Crippen LogP contribution in [0.25, 0.3) is 0 Å². The van der Waals surface area contributed by atoms with Gasteiger partial charge in [-0.2, -0.15) is 0 Å². The van der Waals surface area contributed by atoms with Crippen LogP contribution in [0.2, 0.25) is 0 Å². The maximum atomic E-state index is 12.4. The van der Waals surface area contributed by atoms with Crippen molar-refractivity contribution in [2.75, 3.05) is 26.2 Å². The standard InChI is InChI=1S/C14H23N3O4/c1-14(13(20)21)5-3-7-17(14)9-11(18)16-6-2-4-10(8-16)12(15)19/h10H,2-9H2,1H3,(H2,15,19)(H,20,21). The number of carboxylic acid groups (broad SMARTS) is 1. The number of nitrogens with two attached hydrogens (primary N) is 1. The van der Waals surface area contributed by atoms with Gasteiger partial charge in [-0.15, -0.1) is 0 Å². The molecule has 2 rings (SSSR count). The number of carbonyl (C=O) groups excluding carboxylic acids is 2. The summed E-state index contributed by atoms with van der Waals surface area (Å²) in [5.41, 5.74) is 4.35. The molecule has 0 aromatic carbocycles. The average molecular weight is 297 g/mol. The van der Waals surface area contributed by atoms with Crippen molar-refractivity contribution in [3.63, 3.8) is 0 Å². The van der Waals surface area contributed by atoms with Crippen LogP contribution in [0.1, 0.15) is 32.6 Å². The quantitative estimate of drug-likeness (QED) is 0.738. The number of aliphatic carboxylic acids is 1. The van der Waals surface area contributed by atoms with Gasteiger partial charge in [0.25, 0.3) is 0 Å². The molecule has 0 spiro atoms. The molecule has 7 heteroatoms. The summed E-state index contributed by atoms with van der Waals surface area (Å²) in [6.07, 6.45) is 2.81. The van der Waals surface area contributed by atoms with Crippen LogP contribution >= 0.6 is 0 Å². The topological polar surface area (TPSA) is 104 Å². The molecule has 0 saturated carbocycles. The molecule has 0 aromatic rings. The molecule has 2 heterocycles. The summed E-state index contributed by atoms with van der Waals surface area (Å²) in [5.74, 6) is -1.66. The van der Waals surface area contributed by atoms with E-state index in [9.17, 15) is 19.5 Å². The number of carbonyl (C=O) groups is 3. The first kappa shape index (κ1) is 15.8. The lowest BCUT2D eigenvalue weighted by Crippen LogP contribution is -2.53. The van der Waals surface area contributed by atoms with Crippen molar-refractivity contribution in [1.29, 1.82) is 0 Å². The fraction of sp³-hybridized carbons (Fsp3) is 0.786. The van der Waals surface area contributed by atoms with Crippen LogP contribution in [0, 0.1) is 5.92 Å². The third-order valence-electron chi connectivity index (χ3n) is 4.75. The van der Waals surface area contributed by atoms with E-state index < -0.39 is 11.5 Å². The van der Waals surface area contributed by atoms with Crippen LogP contribution in [0.5, 0.6) is 0 Å². The lowest BCUT2D eigenvalue weighted by Gasteiger charge is -2.35. The van der Waals surface area contributed by atoms with Crippen molar-refractivity contribution in [1.82, 2.24) is 9.80 Å². The Bertz CT molecular complexity index is 454. The summed E-state index contributed by atoms with van der Waals surface area (Å²) >= 11 is 0. The van der Waals surface area contributed by atoms with Crippen molar-refractivity contribution in [2.24, 2.45) is 11.7 Å². The minimum atomic E-state index is -0.964. The Hall–Kier alpha value is -1.63. The number of piperidine rings is 1. The molecular weight excluding hydrogens is 274 g/mol. The molecule has 7 nitrogen and oxygen atoms in total. The van der Waals surface area contributed by atoms with Crippen LogP contribution in [0.4, 0.5) is 0 Å². The second kappa shape index (κ2) is 6.01. The van der Waals surface area contributed by atoms with Crippen molar-refractivity contribution in [2.45, 2.75) is 38.1 Å². The van der Waals surface area contributed by atoms with Gasteiger partial charge in [0.15, 0.2) is 0 Å². The molecule has 0 radical (unpaired) electrons. The van der Waals surface area contributed by atoms with Gasteiger partial charge in [-0.05, 0) is 39.2 Å². The summed E-state index contributed by atoms with van der Waals surface area (Å²) in [6, 6.07) is 0. The molecular formula is C14H23N3O4. The molecule has 2 fully saturated rings. The van der Waals surface area contributed by atoms with E-state index >= 15 is 0 Å². The largest absolute Gasteiger partial charge is 0.480 e. The molecule has 2 unspecified atom stereocenters. The van der Waals surface area contributed by atoms with Crippen LogP contribution in [0.15, 0.2) is 0 Å². The Kier molecular flexibility index (Phi) is 4.51. The highest BCUT2D eigenvalue weighted by Gasteiger charge is 2.44. The minimum absolute atomic E-state index is 0.0915. The van der Waals surface area contributed by atoms with E-state index in [1.807, 2.05) is 0 Å². The maximum Gasteiger partial charge on any atom is 0.323 e. The summed E-state index contributed by atoms with van der Waals surface area (Å²) in [4.78, 5) is 38.4. The minimum Gasteiger partial charge on any atom is -0.480 e. The van der Waals surface area contributed by atoms with Crippen molar-refractivity contribution in [3.05, 3.63) is 0 Å². The predicted octanol–water partition coefficient (Wildman–Crippen LogP) is -0.351. The molecule has 3 N–H and O–H groups in total. The Morgan fingerprint density at radius 3 is 2.62 bits per heavy atom. The zero-order valence-electron chi connectivity index (χ0n) is 12.4. The second-order valence-electron chi connectivity index (χ2n) is 6.19. The first-order chi connectivity index (χ1) is 9.84. The van der Waals surface area contributed by atoms with Gasteiger partial charge in [0.1, 0.15) is 5.54 Å². The number of rotatable bonds is 4. The monoisotopic (exact) mass is 297 g/mol. The molecule has 2 aliphatic heterocycles. The lowest BCUT2D eigenvalue weighted by molar-refractivity contribution is -0.150. The van der Waals surface area contributed by atoms with Gasteiger partial charge in [-0.25, -0.2) is 0 Å². The van der Waals surface area contributed by atoms with Crippen molar-refractivity contribution in [3.8, 4) is 0 Å². The van der Waals surface area contributed by atoms with Crippen LogP contribution in [0.3, 0.4) is 0 Å². The highest BCUT2D eigenvalue weighted by Crippen LogP contribution is 2.29. The van der Waals surface area contributed by atoms with Crippen LogP contribution in [-0.4, -0.2) is 64.4 Å². The van der Waals surface area contributed by atoms with E-state index in [0.29, 0.717) is 26.1 Å². The number of hydrogen-bond acceptors (Lipinski definition) is 4. The third kappa shape index (κ3) is 3.18. The average Bonchev–Trinajstić information content (AvgIpc) is 2.81. The Balaban J connectivity index is 1.98. The van der Waals surface area contributed by atoms with Gasteiger partial charge in [0.2, 0.25) is 11.8 Å². The fourth-order valence-corrected chi connectivity index (χ4v) is 3.21. The van der Waals surface area contributed by atoms with Gasteiger partial charge in [-0.1, -0.05) is 0 Å². The highest BCUT2D eigenvalue weighted by atomic mass is 16.4. The molecule has 0 bridgehead atoms. The molecule has 118 valence electrons. The van der Waals surface area contributed by atoms with Gasteiger partial charge in [0, 0.05) is 13.1 Å². The molecule has 2 amide bonds. The van der Waals surface area contributed by atoms with E-state index in [1.54, 1.807) is 16.7 Å². The number of likely N-dealkylation sites (tertiary alicyclic amines) is 2. The number of hydrogen-bond donors (Lipinski definition) is 2. The smallest absolute Gasteiger partial charge is 0.323 e. The summed E-state index contributed by atoms with van der Waals surface area (Å²) < 4.78 is 0. The van der Waals surface area contributed by atoms with Gasteiger partial charge in [0.05, 0.1) is 12.5 Å². The Labute approximate surface area is 124 Å². The molecule has 21 heavy (non-hydrogen) atoms. The van der Waals surface area contributed by atoms with E-state index in [-0.39, 0.29) is 24.3 Å². The van der Waals surface area contributed by atoms with E-state index in [0.717, 1.165) is 19.3 Å². The summed E-state index contributed by atoms with van der Waals surface area (Å²) in [5, 5.41) is 9.35. The Morgan fingerprint density at radius 1 is 1.29 bits per heavy atom. The number of primary amides is 1. The third-order valence-corrected chi connectivity index (χ3v) is 4.75. The lowest BCUT2D eigenvalue weighted by atomic mass is 9.97. The fourth-order valence-electron chi connectivity index (χ4n) is 3.21. The highest BCUT2D eigenvalue weighted by molar-refractivity contribution is 5.83. The van der Waals surface area contributed by atoms with Crippen LogP contribution < -0.4 is 5.73 Å². The zero-order chi connectivity index (χ0) is 15.6. The second-order valence-corrected chi connectivity index (χ2v) is 6.19. The van der Waals surface area contributed by atoms with Gasteiger partial charge < -0.3 is 15.7 Å². The Morgan fingerprint density at radius 2 is 2.00 bits per heavy atom. The molecule has 2 saturated heterocycles.